The van der Waals surface area contributed by atoms with E-state index in [1.807, 2.05) is 0 Å². The van der Waals surface area contributed by atoms with Gasteiger partial charge in [0.1, 0.15) is 15.6 Å². The van der Waals surface area contributed by atoms with Crippen molar-refractivity contribution < 1.29 is 27.8 Å². The van der Waals surface area contributed by atoms with E-state index < -0.39 is 23.5 Å². The zero-order chi connectivity index (χ0) is 16.5. The first kappa shape index (κ1) is 16.3. The number of carbonyl (C=O) groups excluding carboxylic acids is 1. The Bertz CT molecular complexity index is 710. The molecular weight excluding hydrogens is 319 g/mol. The molecule has 0 saturated carbocycles. The van der Waals surface area contributed by atoms with E-state index in [2.05, 4.69) is 4.98 Å². The van der Waals surface area contributed by atoms with Gasteiger partial charge in [0.25, 0.3) is 0 Å². The molecule has 0 aliphatic rings. The highest BCUT2D eigenvalue weighted by molar-refractivity contribution is 7.17. The van der Waals surface area contributed by atoms with Gasteiger partial charge in [0.2, 0.25) is 0 Å². The molecule has 0 amide bonds. The fourth-order valence-electron chi connectivity index (χ4n) is 1.80. The number of esters is 1. The molecule has 0 bridgehead atoms. The zero-order valence-electron chi connectivity index (χ0n) is 11.7. The minimum Gasteiger partial charge on any atom is -0.507 e. The van der Waals surface area contributed by atoms with Crippen LogP contribution in [-0.4, -0.2) is 22.7 Å². The molecule has 22 heavy (non-hydrogen) atoms. The van der Waals surface area contributed by atoms with Crippen LogP contribution in [0.25, 0.3) is 10.6 Å². The Kier molecular flexibility index (Phi) is 4.41. The average Bonchev–Trinajstić information content (AvgIpc) is 2.80. The standard InChI is InChI=1S/C14H12F3NO3S/c1-3-21-13(20)11-7(2)18-12(22-11)8-4-5-10(19)9(6-8)14(15,16)17/h4-6,19H,3H2,1-2H3. The van der Waals surface area contributed by atoms with Crippen LogP contribution in [0.4, 0.5) is 13.2 Å². The van der Waals surface area contributed by atoms with Crippen molar-refractivity contribution in [2.45, 2.75) is 20.0 Å². The van der Waals surface area contributed by atoms with Crippen molar-refractivity contribution >= 4 is 17.3 Å². The summed E-state index contributed by atoms with van der Waals surface area (Å²) in [5.74, 6) is -1.41. The van der Waals surface area contributed by atoms with Crippen molar-refractivity contribution in [3.8, 4) is 16.3 Å². The zero-order valence-corrected chi connectivity index (χ0v) is 12.5. The van der Waals surface area contributed by atoms with Crippen molar-refractivity contribution in [2.24, 2.45) is 0 Å². The summed E-state index contributed by atoms with van der Waals surface area (Å²) >= 11 is 0.951. The summed E-state index contributed by atoms with van der Waals surface area (Å²) in [7, 11) is 0. The minimum atomic E-state index is -4.67. The molecule has 0 fully saturated rings. The number of aryl methyl sites for hydroxylation is 1. The van der Waals surface area contributed by atoms with Crippen molar-refractivity contribution in [2.75, 3.05) is 6.61 Å². The van der Waals surface area contributed by atoms with Crippen LogP contribution in [0, 0.1) is 6.92 Å². The summed E-state index contributed by atoms with van der Waals surface area (Å²) in [4.78, 5) is 16.1. The lowest BCUT2D eigenvalue weighted by molar-refractivity contribution is -0.138. The van der Waals surface area contributed by atoms with Crippen molar-refractivity contribution in [3.63, 3.8) is 0 Å². The Morgan fingerprint density at radius 2 is 2.09 bits per heavy atom. The molecule has 0 atom stereocenters. The van der Waals surface area contributed by atoms with E-state index in [1.54, 1.807) is 13.8 Å². The summed E-state index contributed by atoms with van der Waals surface area (Å²) < 4.78 is 43.3. The Morgan fingerprint density at radius 1 is 1.41 bits per heavy atom. The van der Waals surface area contributed by atoms with Gasteiger partial charge in [-0.15, -0.1) is 11.3 Å². The topological polar surface area (TPSA) is 59.4 Å². The molecule has 0 unspecified atom stereocenters. The van der Waals surface area contributed by atoms with Gasteiger partial charge in [0, 0.05) is 5.56 Å². The molecule has 0 aliphatic heterocycles. The summed E-state index contributed by atoms with van der Waals surface area (Å²) in [6.07, 6.45) is -4.67. The third-order valence-corrected chi connectivity index (χ3v) is 3.99. The van der Waals surface area contributed by atoms with E-state index in [1.165, 1.54) is 6.07 Å². The molecule has 0 saturated heterocycles. The largest absolute Gasteiger partial charge is 0.507 e. The number of hydrogen-bond donors (Lipinski definition) is 1. The molecular formula is C14H12F3NO3S. The number of ether oxygens (including phenoxy) is 1. The van der Waals surface area contributed by atoms with Crippen molar-refractivity contribution in [1.82, 2.24) is 4.98 Å². The number of hydrogen-bond acceptors (Lipinski definition) is 5. The highest BCUT2D eigenvalue weighted by atomic mass is 32.1. The van der Waals surface area contributed by atoms with Crippen LogP contribution in [0.15, 0.2) is 18.2 Å². The molecule has 1 aromatic carbocycles. The van der Waals surface area contributed by atoms with Gasteiger partial charge in [-0.2, -0.15) is 13.2 Å². The first-order valence-electron chi connectivity index (χ1n) is 6.29. The second-order valence-electron chi connectivity index (χ2n) is 4.38. The fraction of sp³-hybridized carbons (Fsp3) is 0.286. The number of aromatic nitrogens is 1. The molecule has 8 heteroatoms. The molecule has 2 aromatic rings. The monoisotopic (exact) mass is 331 g/mol. The number of thiazole rings is 1. The van der Waals surface area contributed by atoms with E-state index in [-0.39, 0.29) is 22.1 Å². The first-order chi connectivity index (χ1) is 10.2. The SMILES string of the molecule is CCOC(=O)c1sc(-c2ccc(O)c(C(F)(F)F)c2)nc1C. The second-order valence-corrected chi connectivity index (χ2v) is 5.38. The van der Waals surface area contributed by atoms with Crippen LogP contribution in [0.5, 0.6) is 5.75 Å². The van der Waals surface area contributed by atoms with Gasteiger partial charge in [-0.1, -0.05) is 0 Å². The highest BCUT2D eigenvalue weighted by Gasteiger charge is 2.34. The van der Waals surface area contributed by atoms with Gasteiger partial charge >= 0.3 is 12.1 Å². The van der Waals surface area contributed by atoms with Crippen LogP contribution in [0.2, 0.25) is 0 Å². The molecule has 1 aromatic heterocycles. The lowest BCUT2D eigenvalue weighted by Gasteiger charge is -2.09. The predicted molar refractivity (Wildman–Crippen MR) is 74.9 cm³/mol. The van der Waals surface area contributed by atoms with Gasteiger partial charge in [-0.05, 0) is 32.0 Å². The van der Waals surface area contributed by atoms with Gasteiger partial charge in [0.15, 0.2) is 0 Å². The summed E-state index contributed by atoms with van der Waals surface area (Å²) in [6.45, 7) is 3.44. The van der Waals surface area contributed by atoms with Crippen molar-refractivity contribution in [3.05, 3.63) is 34.3 Å². The third kappa shape index (κ3) is 3.22. The van der Waals surface area contributed by atoms with E-state index >= 15 is 0 Å². The van der Waals surface area contributed by atoms with E-state index in [9.17, 15) is 23.1 Å². The number of aromatic hydroxyl groups is 1. The second kappa shape index (κ2) is 5.96. The number of phenols is 1. The number of phenolic OH excluding ortho intramolecular Hbond substituents is 1. The highest BCUT2D eigenvalue weighted by Crippen LogP contribution is 2.39. The molecule has 0 spiro atoms. The van der Waals surface area contributed by atoms with Gasteiger partial charge in [-0.3, -0.25) is 0 Å². The molecule has 0 radical (unpaired) electrons. The predicted octanol–water partition coefficient (Wildman–Crippen LogP) is 4.02. The normalized spacial score (nSPS) is 11.5. The first-order valence-corrected chi connectivity index (χ1v) is 7.10. The third-order valence-electron chi connectivity index (χ3n) is 2.81. The number of carbonyl (C=O) groups is 1. The van der Waals surface area contributed by atoms with Crippen LogP contribution in [0.1, 0.15) is 27.9 Å². The fourth-order valence-corrected chi connectivity index (χ4v) is 2.76. The van der Waals surface area contributed by atoms with E-state index in [0.29, 0.717) is 5.69 Å². The van der Waals surface area contributed by atoms with Gasteiger partial charge in [-0.25, -0.2) is 9.78 Å². The molecule has 1 N–H and O–H groups in total. The average molecular weight is 331 g/mol. The maximum Gasteiger partial charge on any atom is 0.419 e. The maximum atomic E-state index is 12.8. The number of alkyl halides is 3. The number of nitrogens with zero attached hydrogens (tertiary/aromatic N) is 1. The summed E-state index contributed by atoms with van der Waals surface area (Å²) in [6, 6.07) is 3.08. The lowest BCUT2D eigenvalue weighted by Crippen LogP contribution is -2.05. The Hall–Kier alpha value is -2.09. The summed E-state index contributed by atoms with van der Waals surface area (Å²) in [5.41, 5.74) is -0.579. The Labute approximate surface area is 128 Å². The smallest absolute Gasteiger partial charge is 0.419 e. The minimum absolute atomic E-state index is 0.175. The Balaban J connectivity index is 2.45. The molecule has 4 nitrogen and oxygen atoms in total. The number of rotatable bonds is 3. The van der Waals surface area contributed by atoms with Crippen LogP contribution < -0.4 is 0 Å². The Morgan fingerprint density at radius 3 is 2.68 bits per heavy atom. The lowest BCUT2D eigenvalue weighted by atomic mass is 10.1. The molecule has 0 aliphatic carbocycles. The molecule has 2 rings (SSSR count). The van der Waals surface area contributed by atoms with Gasteiger partial charge < -0.3 is 9.84 Å². The maximum absolute atomic E-state index is 12.8. The molecule has 1 heterocycles. The van der Waals surface area contributed by atoms with E-state index in [0.717, 1.165) is 23.5 Å². The quantitative estimate of drug-likeness (QED) is 0.863. The van der Waals surface area contributed by atoms with E-state index in [4.69, 9.17) is 4.74 Å². The number of halogens is 3. The summed E-state index contributed by atoms with van der Waals surface area (Å²) in [5, 5.41) is 9.58. The van der Waals surface area contributed by atoms with Crippen LogP contribution >= 0.6 is 11.3 Å². The molecule has 118 valence electrons. The van der Waals surface area contributed by atoms with Gasteiger partial charge in [0.05, 0.1) is 17.9 Å². The van der Waals surface area contributed by atoms with Crippen LogP contribution in [0.3, 0.4) is 0 Å². The number of benzene rings is 1. The van der Waals surface area contributed by atoms with Crippen molar-refractivity contribution in [1.29, 1.82) is 0 Å². The van der Waals surface area contributed by atoms with Crippen LogP contribution in [-0.2, 0) is 10.9 Å².